The molecule has 1 unspecified atom stereocenters. The molecule has 1 aliphatic carbocycles. The Morgan fingerprint density at radius 3 is 2.56 bits per heavy atom. The van der Waals surface area contributed by atoms with Crippen molar-refractivity contribution < 1.29 is 19.1 Å². The van der Waals surface area contributed by atoms with E-state index in [1.54, 1.807) is 0 Å². The monoisotopic (exact) mass is 536 g/mol. The number of fused-ring (bicyclic) bond motifs is 4. The molecule has 6 rings (SSSR count). The second kappa shape index (κ2) is 12.9. The first kappa shape index (κ1) is 28.2. The van der Waals surface area contributed by atoms with Gasteiger partial charge in [-0.05, 0) is 55.6 Å². The summed E-state index contributed by atoms with van der Waals surface area (Å²) in [6.07, 6.45) is 15.3. The summed E-state index contributed by atoms with van der Waals surface area (Å²) in [6, 6.07) is 8.48. The Bertz CT molecular complexity index is 1130. The van der Waals surface area contributed by atoms with Crippen molar-refractivity contribution in [1.82, 2.24) is 9.88 Å². The number of carbonyl (C=O) groups is 2. The summed E-state index contributed by atoms with van der Waals surface area (Å²) in [5.74, 6) is 0.546. The van der Waals surface area contributed by atoms with Crippen LogP contribution in [0.5, 0.6) is 0 Å². The maximum atomic E-state index is 13.7. The number of H-pyrrole nitrogens is 1. The molecule has 4 heterocycles. The molecule has 6 nitrogen and oxygen atoms in total. The van der Waals surface area contributed by atoms with Gasteiger partial charge in [0.05, 0.1) is 13.7 Å². The Labute approximate surface area is 234 Å². The number of benzene rings is 1. The second-order valence-electron chi connectivity index (χ2n) is 12.3. The lowest BCUT2D eigenvalue weighted by Crippen LogP contribution is -2.67. The van der Waals surface area contributed by atoms with Crippen LogP contribution in [0.15, 0.2) is 24.3 Å². The van der Waals surface area contributed by atoms with E-state index in [1.165, 1.54) is 63.0 Å². The Kier molecular flexibility index (Phi) is 9.32. The van der Waals surface area contributed by atoms with Gasteiger partial charge in [0.25, 0.3) is 0 Å². The Morgan fingerprint density at radius 1 is 1.05 bits per heavy atom. The fraction of sp³-hybridized carbons (Fsp3) is 0.697. The number of aromatic amines is 1. The lowest BCUT2D eigenvalue weighted by molar-refractivity contribution is -0.163. The number of hydrogen-bond acceptors (Lipinski definition) is 5. The Hall–Kier alpha value is -2.34. The van der Waals surface area contributed by atoms with Crippen molar-refractivity contribution >= 4 is 22.8 Å². The van der Waals surface area contributed by atoms with Crippen molar-refractivity contribution in [3.8, 4) is 0 Å². The molecule has 1 aromatic heterocycles. The number of nitrogens with zero attached hydrogens (tertiary/aromatic N) is 1. The van der Waals surface area contributed by atoms with Crippen LogP contribution in [0.4, 0.5) is 0 Å². The average molecular weight is 537 g/mol. The van der Waals surface area contributed by atoms with Gasteiger partial charge >= 0.3 is 11.9 Å². The summed E-state index contributed by atoms with van der Waals surface area (Å²) in [5.41, 5.74) is 2.76. The molecular weight excluding hydrogens is 488 g/mol. The third-order valence-corrected chi connectivity index (χ3v) is 9.78. The van der Waals surface area contributed by atoms with E-state index in [-0.39, 0.29) is 18.0 Å². The predicted molar refractivity (Wildman–Crippen MR) is 155 cm³/mol. The SMILES string of the molecule is CCCCCCCCCCCC(=O)OCC[C@H]1C[C@H]2CN3CCc4c([nH]c5ccccc45)[C@](C(=O)OC)(C2)[C@H]13. The molecule has 0 spiro atoms. The van der Waals surface area contributed by atoms with Gasteiger partial charge in [-0.15, -0.1) is 0 Å². The number of ether oxygens (including phenoxy) is 2. The highest BCUT2D eigenvalue weighted by Gasteiger charge is 2.62. The van der Waals surface area contributed by atoms with Gasteiger partial charge in [0.15, 0.2) is 0 Å². The maximum absolute atomic E-state index is 13.7. The lowest BCUT2D eigenvalue weighted by Gasteiger charge is -2.57. The van der Waals surface area contributed by atoms with E-state index in [9.17, 15) is 9.59 Å². The minimum atomic E-state index is -0.689. The fourth-order valence-corrected chi connectivity index (χ4v) is 8.13. The van der Waals surface area contributed by atoms with Gasteiger partial charge in [-0.25, -0.2) is 0 Å². The quantitative estimate of drug-likeness (QED) is 0.215. The zero-order chi connectivity index (χ0) is 27.2. The molecule has 1 saturated carbocycles. The van der Waals surface area contributed by atoms with E-state index in [0.717, 1.165) is 62.8 Å². The molecule has 214 valence electrons. The summed E-state index contributed by atoms with van der Waals surface area (Å²) in [7, 11) is 1.53. The van der Waals surface area contributed by atoms with Crippen molar-refractivity contribution in [2.24, 2.45) is 11.8 Å². The van der Waals surface area contributed by atoms with Crippen molar-refractivity contribution in [2.75, 3.05) is 26.8 Å². The van der Waals surface area contributed by atoms with E-state index in [2.05, 4.69) is 35.0 Å². The zero-order valence-electron chi connectivity index (χ0n) is 24.1. The van der Waals surface area contributed by atoms with Gasteiger partial charge in [0, 0.05) is 42.1 Å². The largest absolute Gasteiger partial charge is 0.468 e. The van der Waals surface area contributed by atoms with Crippen LogP contribution < -0.4 is 0 Å². The van der Waals surface area contributed by atoms with Crippen LogP contribution in [-0.4, -0.2) is 54.7 Å². The number of methoxy groups -OCH3 is 1. The molecule has 4 bridgehead atoms. The molecular formula is C33H48N2O4. The highest BCUT2D eigenvalue weighted by molar-refractivity contribution is 5.91. The van der Waals surface area contributed by atoms with Gasteiger partial charge in [-0.2, -0.15) is 0 Å². The maximum Gasteiger partial charge on any atom is 0.319 e. The lowest BCUT2D eigenvalue weighted by atomic mass is 9.56. The number of para-hydroxylation sites is 1. The number of aromatic nitrogens is 1. The number of rotatable bonds is 14. The molecule has 39 heavy (non-hydrogen) atoms. The molecule has 0 radical (unpaired) electrons. The van der Waals surface area contributed by atoms with Crippen LogP contribution in [-0.2, 0) is 30.9 Å². The van der Waals surface area contributed by atoms with E-state index in [4.69, 9.17) is 9.47 Å². The van der Waals surface area contributed by atoms with Crippen molar-refractivity contribution in [1.29, 1.82) is 0 Å². The van der Waals surface area contributed by atoms with Crippen LogP contribution in [0, 0.1) is 11.8 Å². The van der Waals surface area contributed by atoms with Crippen molar-refractivity contribution in [3.05, 3.63) is 35.5 Å². The van der Waals surface area contributed by atoms with Gasteiger partial charge in [-0.3, -0.25) is 14.5 Å². The third kappa shape index (κ3) is 5.77. The first-order valence-corrected chi connectivity index (χ1v) is 15.7. The first-order valence-electron chi connectivity index (χ1n) is 15.7. The van der Waals surface area contributed by atoms with Crippen LogP contribution >= 0.6 is 0 Å². The topological polar surface area (TPSA) is 71.6 Å². The molecule has 2 saturated heterocycles. The summed E-state index contributed by atoms with van der Waals surface area (Å²) >= 11 is 0. The summed E-state index contributed by atoms with van der Waals surface area (Å²) in [6.45, 7) is 4.68. The third-order valence-electron chi connectivity index (χ3n) is 9.78. The summed E-state index contributed by atoms with van der Waals surface area (Å²) in [4.78, 5) is 32.4. The summed E-state index contributed by atoms with van der Waals surface area (Å²) < 4.78 is 11.3. The fourth-order valence-electron chi connectivity index (χ4n) is 8.13. The smallest absolute Gasteiger partial charge is 0.319 e. The van der Waals surface area contributed by atoms with E-state index < -0.39 is 5.41 Å². The average Bonchev–Trinajstić information content (AvgIpc) is 3.29. The van der Waals surface area contributed by atoms with Crippen LogP contribution in [0.1, 0.15) is 102 Å². The van der Waals surface area contributed by atoms with Gasteiger partial charge in [0.2, 0.25) is 0 Å². The molecule has 1 aromatic carbocycles. The van der Waals surface area contributed by atoms with E-state index >= 15 is 0 Å². The molecule has 1 N–H and O–H groups in total. The number of esters is 2. The number of unbranched alkanes of at least 4 members (excludes halogenated alkanes) is 8. The van der Waals surface area contributed by atoms with Crippen molar-refractivity contribution in [3.63, 3.8) is 0 Å². The van der Waals surface area contributed by atoms with Crippen LogP contribution in [0.3, 0.4) is 0 Å². The number of carbonyl (C=O) groups excluding carboxylic acids is 2. The van der Waals surface area contributed by atoms with E-state index in [1.807, 2.05) is 6.07 Å². The van der Waals surface area contributed by atoms with Crippen molar-refractivity contribution in [2.45, 2.75) is 108 Å². The molecule has 3 fully saturated rings. The highest BCUT2D eigenvalue weighted by Crippen LogP contribution is 2.55. The number of nitrogens with one attached hydrogen (secondary N) is 1. The summed E-state index contributed by atoms with van der Waals surface area (Å²) in [5, 5.41) is 1.22. The van der Waals surface area contributed by atoms with E-state index in [0.29, 0.717) is 24.9 Å². The van der Waals surface area contributed by atoms with Crippen LogP contribution in [0.2, 0.25) is 0 Å². The molecule has 3 aliphatic heterocycles. The number of hydrogen-bond donors (Lipinski definition) is 1. The first-order chi connectivity index (χ1) is 19.1. The standard InChI is InChI=1S/C33H48N2O4/c1-3-4-5-6-7-8-9-10-11-16-29(36)39-20-18-25-21-24-22-33(32(37)38-2)30-27(17-19-35(23-24)31(25)33)26-14-12-13-15-28(26)34-30/h12-15,24-25,31,34H,3-11,16-23H2,1-2H3/t24-,25+,31+,33-/m1/s1. The minimum Gasteiger partial charge on any atom is -0.468 e. The second-order valence-corrected chi connectivity index (χ2v) is 12.3. The molecule has 5 atom stereocenters. The minimum absolute atomic E-state index is 0.0697. The molecule has 4 aliphatic rings. The number of piperidine rings is 2. The Balaban J connectivity index is 1.19. The molecule has 6 heteroatoms. The Morgan fingerprint density at radius 2 is 1.79 bits per heavy atom. The normalized spacial score (nSPS) is 27.2. The zero-order valence-corrected chi connectivity index (χ0v) is 24.1. The van der Waals surface area contributed by atoms with Gasteiger partial charge in [0.1, 0.15) is 5.41 Å². The molecule has 2 aromatic rings. The van der Waals surface area contributed by atoms with Crippen LogP contribution in [0.25, 0.3) is 10.9 Å². The molecule has 0 amide bonds. The van der Waals surface area contributed by atoms with Gasteiger partial charge in [-0.1, -0.05) is 76.5 Å². The predicted octanol–water partition coefficient (Wildman–Crippen LogP) is 6.70. The van der Waals surface area contributed by atoms with Gasteiger partial charge < -0.3 is 14.5 Å². The highest BCUT2D eigenvalue weighted by atomic mass is 16.5.